The molecule has 0 aliphatic heterocycles. The highest BCUT2D eigenvalue weighted by Gasteiger charge is 2.12. The molecule has 0 fully saturated rings. The van der Waals surface area contributed by atoms with Crippen LogP contribution in [0.25, 0.3) is 0 Å². The van der Waals surface area contributed by atoms with E-state index in [4.69, 9.17) is 4.74 Å². The Balaban J connectivity index is 2.46. The Bertz CT molecular complexity index is 495. The Hall–Kier alpha value is -2.37. The number of benzene rings is 1. The molecule has 0 spiro atoms. The third-order valence-corrected chi connectivity index (χ3v) is 2.36. The van der Waals surface area contributed by atoms with Gasteiger partial charge >= 0.3 is 11.8 Å². The lowest BCUT2D eigenvalue weighted by Gasteiger charge is -2.06. The molecule has 6 heteroatoms. The zero-order chi connectivity index (χ0) is 15.7. The van der Waals surface area contributed by atoms with E-state index in [1.165, 1.54) is 6.21 Å². The molecule has 114 valence electrons. The van der Waals surface area contributed by atoms with Gasteiger partial charge in [-0.3, -0.25) is 9.59 Å². The van der Waals surface area contributed by atoms with Crippen LogP contribution >= 0.6 is 0 Å². The summed E-state index contributed by atoms with van der Waals surface area (Å²) in [5.41, 5.74) is 2.97. The van der Waals surface area contributed by atoms with Crippen molar-refractivity contribution in [2.24, 2.45) is 5.10 Å². The van der Waals surface area contributed by atoms with Crippen LogP contribution in [0.5, 0.6) is 5.75 Å². The van der Waals surface area contributed by atoms with Gasteiger partial charge in [0.2, 0.25) is 0 Å². The van der Waals surface area contributed by atoms with Crippen molar-refractivity contribution in [2.45, 2.75) is 33.2 Å². The SMILES string of the molecule is CCCOc1ccc(/C=N\NC(=O)C(=O)NC(C)C)cc1. The Labute approximate surface area is 124 Å². The zero-order valence-electron chi connectivity index (χ0n) is 12.6. The maximum Gasteiger partial charge on any atom is 0.329 e. The Morgan fingerprint density at radius 2 is 1.90 bits per heavy atom. The van der Waals surface area contributed by atoms with Gasteiger partial charge in [0.15, 0.2) is 0 Å². The number of ether oxygens (including phenoxy) is 1. The molecule has 0 unspecified atom stereocenters. The van der Waals surface area contributed by atoms with Gasteiger partial charge in [0.05, 0.1) is 12.8 Å². The highest BCUT2D eigenvalue weighted by Crippen LogP contribution is 2.11. The van der Waals surface area contributed by atoms with Gasteiger partial charge in [-0.2, -0.15) is 5.10 Å². The number of hydrazone groups is 1. The number of nitrogens with zero attached hydrogens (tertiary/aromatic N) is 1. The quantitative estimate of drug-likeness (QED) is 0.473. The standard InChI is InChI=1S/C15H21N3O3/c1-4-9-21-13-7-5-12(6-8-13)10-16-18-15(20)14(19)17-11(2)3/h5-8,10-11H,4,9H2,1-3H3,(H,17,19)(H,18,20)/b16-10-. The van der Waals surface area contributed by atoms with Crippen LogP contribution in [0.4, 0.5) is 0 Å². The number of carbonyl (C=O) groups is 2. The van der Waals surface area contributed by atoms with Gasteiger partial charge in [0.25, 0.3) is 0 Å². The molecule has 2 N–H and O–H groups in total. The summed E-state index contributed by atoms with van der Waals surface area (Å²) in [6.07, 6.45) is 2.41. The largest absolute Gasteiger partial charge is 0.494 e. The Kier molecular flexibility index (Phi) is 6.94. The second-order valence-electron chi connectivity index (χ2n) is 4.74. The minimum absolute atomic E-state index is 0.0945. The predicted octanol–water partition coefficient (Wildman–Crippen LogP) is 1.45. The molecule has 0 bridgehead atoms. The molecule has 0 radical (unpaired) electrons. The van der Waals surface area contributed by atoms with E-state index in [0.717, 1.165) is 17.7 Å². The highest BCUT2D eigenvalue weighted by atomic mass is 16.5. The summed E-state index contributed by atoms with van der Waals surface area (Å²) in [6.45, 7) is 6.26. The number of hydrogen-bond donors (Lipinski definition) is 2. The van der Waals surface area contributed by atoms with Gasteiger partial charge < -0.3 is 10.1 Å². The second-order valence-corrected chi connectivity index (χ2v) is 4.74. The monoisotopic (exact) mass is 291 g/mol. The lowest BCUT2D eigenvalue weighted by atomic mass is 10.2. The average molecular weight is 291 g/mol. The van der Waals surface area contributed by atoms with Crippen molar-refractivity contribution >= 4 is 18.0 Å². The summed E-state index contributed by atoms with van der Waals surface area (Å²) in [5, 5.41) is 6.21. The van der Waals surface area contributed by atoms with Gasteiger partial charge in [-0.15, -0.1) is 0 Å². The van der Waals surface area contributed by atoms with Crippen molar-refractivity contribution < 1.29 is 14.3 Å². The summed E-state index contributed by atoms with van der Waals surface area (Å²) >= 11 is 0. The Morgan fingerprint density at radius 3 is 2.48 bits per heavy atom. The molecule has 0 aromatic heterocycles. The first-order chi connectivity index (χ1) is 10.0. The predicted molar refractivity (Wildman–Crippen MR) is 81.2 cm³/mol. The van der Waals surface area contributed by atoms with E-state index in [1.54, 1.807) is 13.8 Å². The molecular weight excluding hydrogens is 270 g/mol. The van der Waals surface area contributed by atoms with E-state index >= 15 is 0 Å². The molecule has 6 nitrogen and oxygen atoms in total. The van der Waals surface area contributed by atoms with Crippen LogP contribution in [-0.4, -0.2) is 30.7 Å². The van der Waals surface area contributed by atoms with Crippen LogP contribution in [0.3, 0.4) is 0 Å². The van der Waals surface area contributed by atoms with Crippen molar-refractivity contribution in [1.82, 2.24) is 10.7 Å². The molecular formula is C15H21N3O3. The average Bonchev–Trinajstić information content (AvgIpc) is 2.45. The molecule has 0 atom stereocenters. The van der Waals surface area contributed by atoms with Gasteiger partial charge in [0, 0.05) is 6.04 Å². The first-order valence-corrected chi connectivity index (χ1v) is 6.89. The second kappa shape index (κ2) is 8.73. The molecule has 1 aromatic carbocycles. The topological polar surface area (TPSA) is 79.8 Å². The van der Waals surface area contributed by atoms with E-state index in [9.17, 15) is 9.59 Å². The third-order valence-electron chi connectivity index (χ3n) is 2.36. The minimum atomic E-state index is -0.789. The van der Waals surface area contributed by atoms with Crippen LogP contribution in [0.15, 0.2) is 29.4 Å². The van der Waals surface area contributed by atoms with E-state index in [1.807, 2.05) is 31.2 Å². The van der Waals surface area contributed by atoms with Gasteiger partial charge in [-0.1, -0.05) is 6.92 Å². The van der Waals surface area contributed by atoms with E-state index in [-0.39, 0.29) is 6.04 Å². The van der Waals surface area contributed by atoms with Crippen molar-refractivity contribution in [3.8, 4) is 5.75 Å². The minimum Gasteiger partial charge on any atom is -0.494 e. The zero-order valence-corrected chi connectivity index (χ0v) is 12.6. The lowest BCUT2D eigenvalue weighted by Crippen LogP contribution is -2.41. The fourth-order valence-corrected chi connectivity index (χ4v) is 1.41. The lowest BCUT2D eigenvalue weighted by molar-refractivity contribution is -0.139. The van der Waals surface area contributed by atoms with Crippen LogP contribution in [-0.2, 0) is 9.59 Å². The molecule has 0 saturated carbocycles. The molecule has 0 heterocycles. The van der Waals surface area contributed by atoms with Crippen LogP contribution in [0.1, 0.15) is 32.8 Å². The van der Waals surface area contributed by atoms with E-state index in [2.05, 4.69) is 15.8 Å². The van der Waals surface area contributed by atoms with Crippen molar-refractivity contribution in [1.29, 1.82) is 0 Å². The van der Waals surface area contributed by atoms with Crippen molar-refractivity contribution in [2.75, 3.05) is 6.61 Å². The van der Waals surface area contributed by atoms with Crippen LogP contribution < -0.4 is 15.5 Å². The maximum absolute atomic E-state index is 11.4. The molecule has 0 aliphatic carbocycles. The summed E-state index contributed by atoms with van der Waals surface area (Å²) in [6, 6.07) is 7.18. The third kappa shape index (κ3) is 6.56. The molecule has 0 aliphatic rings. The molecule has 2 amide bonds. The maximum atomic E-state index is 11.4. The van der Waals surface area contributed by atoms with E-state index < -0.39 is 11.8 Å². The Morgan fingerprint density at radius 1 is 1.24 bits per heavy atom. The first kappa shape index (κ1) is 16.7. The number of hydrogen-bond acceptors (Lipinski definition) is 4. The molecule has 1 aromatic rings. The van der Waals surface area contributed by atoms with Gasteiger partial charge in [0.1, 0.15) is 5.75 Å². The fourth-order valence-electron chi connectivity index (χ4n) is 1.41. The molecule has 21 heavy (non-hydrogen) atoms. The van der Waals surface area contributed by atoms with E-state index in [0.29, 0.717) is 6.61 Å². The highest BCUT2D eigenvalue weighted by molar-refractivity contribution is 6.35. The normalized spacial score (nSPS) is 10.7. The smallest absolute Gasteiger partial charge is 0.329 e. The summed E-state index contributed by atoms with van der Waals surface area (Å²) in [7, 11) is 0. The number of amides is 2. The number of rotatable bonds is 6. The van der Waals surface area contributed by atoms with Crippen LogP contribution in [0, 0.1) is 0 Å². The number of nitrogens with one attached hydrogen (secondary N) is 2. The van der Waals surface area contributed by atoms with Gasteiger partial charge in [-0.05, 0) is 50.1 Å². The number of carbonyl (C=O) groups excluding carboxylic acids is 2. The molecule has 0 saturated heterocycles. The van der Waals surface area contributed by atoms with Gasteiger partial charge in [-0.25, -0.2) is 5.43 Å². The fraction of sp³-hybridized carbons (Fsp3) is 0.400. The summed E-state index contributed by atoms with van der Waals surface area (Å²) in [4.78, 5) is 22.7. The summed E-state index contributed by atoms with van der Waals surface area (Å²) < 4.78 is 5.45. The summed E-state index contributed by atoms with van der Waals surface area (Å²) in [5.74, 6) is -0.706. The first-order valence-electron chi connectivity index (χ1n) is 6.89. The van der Waals surface area contributed by atoms with Crippen molar-refractivity contribution in [3.63, 3.8) is 0 Å². The molecule has 1 rings (SSSR count). The van der Waals surface area contributed by atoms with Crippen LogP contribution in [0.2, 0.25) is 0 Å². The van der Waals surface area contributed by atoms with Crippen molar-refractivity contribution in [3.05, 3.63) is 29.8 Å².